The van der Waals surface area contributed by atoms with Gasteiger partial charge in [0.2, 0.25) is 0 Å². The lowest BCUT2D eigenvalue weighted by Gasteiger charge is -1.94. The van der Waals surface area contributed by atoms with Crippen LogP contribution in [0.1, 0.15) is 13.3 Å². The van der Waals surface area contributed by atoms with E-state index in [9.17, 15) is 4.79 Å². The summed E-state index contributed by atoms with van der Waals surface area (Å²) >= 11 is 0. The van der Waals surface area contributed by atoms with Gasteiger partial charge in [-0.25, -0.2) is 0 Å². The summed E-state index contributed by atoms with van der Waals surface area (Å²) in [7, 11) is 0. The van der Waals surface area contributed by atoms with Gasteiger partial charge in [0.25, 0.3) is 0 Å². The second-order valence-electron chi connectivity index (χ2n) is 2.09. The van der Waals surface area contributed by atoms with Gasteiger partial charge in [-0.2, -0.15) is 0 Å². The minimum absolute atomic E-state index is 0.0772. The lowest BCUT2D eigenvalue weighted by molar-refractivity contribution is -0.135. The summed E-state index contributed by atoms with van der Waals surface area (Å²) in [5.74, 6) is -0.793. The Morgan fingerprint density at radius 2 is 2.25 bits per heavy atom. The summed E-state index contributed by atoms with van der Waals surface area (Å²) in [6.07, 6.45) is 2.63. The Labute approximate surface area is 73.5 Å². The zero-order chi connectivity index (χ0) is 9.82. The van der Waals surface area contributed by atoms with Crippen molar-refractivity contribution in [1.82, 2.24) is 5.32 Å². The highest BCUT2D eigenvalue weighted by molar-refractivity contribution is 5.68. The van der Waals surface area contributed by atoms with Gasteiger partial charge in [-0.15, -0.1) is 6.58 Å². The van der Waals surface area contributed by atoms with Crippen LogP contribution < -0.4 is 11.1 Å². The van der Waals surface area contributed by atoms with Gasteiger partial charge in [0.1, 0.15) is 0 Å². The quantitative estimate of drug-likeness (QED) is 0.411. The summed E-state index contributed by atoms with van der Waals surface area (Å²) in [4.78, 5) is 9.81. The molecule has 0 spiro atoms. The third-order valence-corrected chi connectivity index (χ3v) is 0.870. The van der Waals surface area contributed by atoms with E-state index in [0.717, 1.165) is 13.0 Å². The number of carboxylic acids is 1. The highest BCUT2D eigenvalue weighted by atomic mass is 16.4. The molecule has 0 radical (unpaired) electrons. The van der Waals surface area contributed by atoms with Crippen LogP contribution in [0.2, 0.25) is 0 Å². The Balaban J connectivity index is 0. The van der Waals surface area contributed by atoms with Crippen LogP contribution in [0, 0.1) is 0 Å². The van der Waals surface area contributed by atoms with Crippen molar-refractivity contribution < 1.29 is 9.90 Å². The third kappa shape index (κ3) is 22.9. The number of carbonyl (C=O) groups is 1. The first kappa shape index (κ1) is 13.7. The van der Waals surface area contributed by atoms with E-state index in [1.807, 2.05) is 6.92 Å². The van der Waals surface area contributed by atoms with Crippen molar-refractivity contribution in [1.29, 1.82) is 0 Å². The summed E-state index contributed by atoms with van der Waals surface area (Å²) < 4.78 is 0. The Morgan fingerprint density at radius 3 is 2.50 bits per heavy atom. The summed E-state index contributed by atoms with van der Waals surface area (Å²) in [5.41, 5.74) is 4.91. The molecule has 0 saturated heterocycles. The SMILES string of the molecule is C=CCN.CCCNCC(=O)O. The maximum Gasteiger partial charge on any atom is 0.317 e. The molecule has 0 unspecified atom stereocenters. The van der Waals surface area contributed by atoms with Crippen molar-refractivity contribution >= 4 is 5.97 Å². The number of rotatable bonds is 5. The molecule has 0 aliphatic heterocycles. The van der Waals surface area contributed by atoms with Crippen LogP contribution in [0.4, 0.5) is 0 Å². The molecule has 4 heteroatoms. The van der Waals surface area contributed by atoms with Crippen molar-refractivity contribution in [3.05, 3.63) is 12.7 Å². The Kier molecular flexibility index (Phi) is 14.6. The van der Waals surface area contributed by atoms with Crippen LogP contribution in [0.5, 0.6) is 0 Å². The molecule has 72 valence electrons. The number of nitrogens with two attached hydrogens (primary N) is 1. The van der Waals surface area contributed by atoms with E-state index in [1.165, 1.54) is 0 Å². The van der Waals surface area contributed by atoms with Crippen LogP contribution in [0.3, 0.4) is 0 Å². The van der Waals surface area contributed by atoms with Gasteiger partial charge < -0.3 is 16.2 Å². The van der Waals surface area contributed by atoms with E-state index in [2.05, 4.69) is 11.9 Å². The van der Waals surface area contributed by atoms with Crippen molar-refractivity contribution in [2.45, 2.75) is 13.3 Å². The molecule has 0 aromatic carbocycles. The fourth-order valence-electron chi connectivity index (χ4n) is 0.372. The zero-order valence-electron chi connectivity index (χ0n) is 7.55. The lowest BCUT2D eigenvalue weighted by Crippen LogP contribution is -2.22. The first-order chi connectivity index (χ1) is 5.68. The highest BCUT2D eigenvalue weighted by Crippen LogP contribution is 1.67. The van der Waals surface area contributed by atoms with Gasteiger partial charge in [0.15, 0.2) is 0 Å². The van der Waals surface area contributed by atoms with E-state index in [1.54, 1.807) is 6.08 Å². The minimum atomic E-state index is -0.793. The fraction of sp³-hybridized carbons (Fsp3) is 0.625. The Bertz CT molecular complexity index is 116. The Morgan fingerprint density at radius 1 is 1.75 bits per heavy atom. The molecule has 0 bridgehead atoms. The maximum absolute atomic E-state index is 9.81. The van der Waals surface area contributed by atoms with E-state index in [0.29, 0.717) is 6.54 Å². The van der Waals surface area contributed by atoms with Crippen molar-refractivity contribution in [2.24, 2.45) is 5.73 Å². The summed E-state index contributed by atoms with van der Waals surface area (Å²) in [6, 6.07) is 0. The molecule has 0 heterocycles. The molecule has 0 aliphatic rings. The predicted molar refractivity (Wildman–Crippen MR) is 50.0 cm³/mol. The molecule has 0 aromatic rings. The third-order valence-electron chi connectivity index (χ3n) is 0.870. The van der Waals surface area contributed by atoms with Gasteiger partial charge >= 0.3 is 5.97 Å². The molecule has 4 nitrogen and oxygen atoms in total. The van der Waals surface area contributed by atoms with E-state index in [-0.39, 0.29) is 6.54 Å². The number of hydrogen-bond donors (Lipinski definition) is 3. The number of carboxylic acid groups (broad SMARTS) is 1. The summed E-state index contributed by atoms with van der Waals surface area (Å²) in [6.45, 7) is 6.79. The molecule has 12 heavy (non-hydrogen) atoms. The first-order valence-electron chi connectivity index (χ1n) is 3.92. The predicted octanol–water partition coefficient (Wildman–Crippen LogP) is 0.202. The van der Waals surface area contributed by atoms with Gasteiger partial charge in [0.05, 0.1) is 6.54 Å². The Hall–Kier alpha value is -0.870. The van der Waals surface area contributed by atoms with E-state index < -0.39 is 5.97 Å². The molecule has 0 aliphatic carbocycles. The van der Waals surface area contributed by atoms with Crippen molar-refractivity contribution in [3.8, 4) is 0 Å². The molecule has 0 rings (SSSR count). The zero-order valence-corrected chi connectivity index (χ0v) is 7.55. The molecule has 4 N–H and O–H groups in total. The normalized spacial score (nSPS) is 8.17. The van der Waals surface area contributed by atoms with Crippen LogP contribution in [0.15, 0.2) is 12.7 Å². The second kappa shape index (κ2) is 12.8. The topological polar surface area (TPSA) is 75.3 Å². The van der Waals surface area contributed by atoms with Crippen LogP contribution >= 0.6 is 0 Å². The molecule has 0 atom stereocenters. The minimum Gasteiger partial charge on any atom is -0.480 e. The summed E-state index contributed by atoms with van der Waals surface area (Å²) in [5, 5.41) is 10.8. The van der Waals surface area contributed by atoms with E-state index in [4.69, 9.17) is 10.8 Å². The van der Waals surface area contributed by atoms with Crippen LogP contribution in [-0.2, 0) is 4.79 Å². The maximum atomic E-state index is 9.81. The molecule has 0 saturated carbocycles. The largest absolute Gasteiger partial charge is 0.480 e. The average molecular weight is 174 g/mol. The smallest absolute Gasteiger partial charge is 0.317 e. The number of nitrogens with one attached hydrogen (secondary N) is 1. The monoisotopic (exact) mass is 174 g/mol. The second-order valence-corrected chi connectivity index (χ2v) is 2.09. The first-order valence-corrected chi connectivity index (χ1v) is 3.92. The highest BCUT2D eigenvalue weighted by Gasteiger charge is 1.90. The van der Waals surface area contributed by atoms with Gasteiger partial charge in [-0.05, 0) is 13.0 Å². The lowest BCUT2D eigenvalue weighted by atomic mass is 10.5. The van der Waals surface area contributed by atoms with Gasteiger partial charge in [-0.1, -0.05) is 13.0 Å². The molecule has 0 amide bonds. The average Bonchev–Trinajstić information content (AvgIpc) is 2.05. The van der Waals surface area contributed by atoms with E-state index >= 15 is 0 Å². The van der Waals surface area contributed by atoms with Crippen LogP contribution in [-0.4, -0.2) is 30.7 Å². The number of hydrogen-bond acceptors (Lipinski definition) is 3. The molecule has 0 fully saturated rings. The molecule has 0 aromatic heterocycles. The standard InChI is InChI=1S/C5H11NO2.C3H7N/c1-2-3-6-4-5(7)8;1-2-3-4/h6H,2-4H2,1H3,(H,7,8);2H,1,3-4H2. The molecular formula is C8H18N2O2. The fourth-order valence-corrected chi connectivity index (χ4v) is 0.372. The van der Waals surface area contributed by atoms with Crippen molar-refractivity contribution in [2.75, 3.05) is 19.6 Å². The van der Waals surface area contributed by atoms with Gasteiger partial charge in [0, 0.05) is 6.54 Å². The van der Waals surface area contributed by atoms with Gasteiger partial charge in [-0.3, -0.25) is 4.79 Å². The van der Waals surface area contributed by atoms with Crippen LogP contribution in [0.25, 0.3) is 0 Å². The molecular weight excluding hydrogens is 156 g/mol. The van der Waals surface area contributed by atoms with Crippen molar-refractivity contribution in [3.63, 3.8) is 0 Å². The number of aliphatic carboxylic acids is 1.